The van der Waals surface area contributed by atoms with Crippen molar-refractivity contribution in [1.29, 1.82) is 0 Å². The maximum Gasteiger partial charge on any atom is 0.337 e. The number of nitrogens with one attached hydrogen (secondary N) is 1. The number of H-pyrrole nitrogens is 1. The van der Waals surface area contributed by atoms with Gasteiger partial charge in [0.05, 0.1) is 27.5 Å². The highest BCUT2D eigenvalue weighted by atomic mass is 35.5. The summed E-state index contributed by atoms with van der Waals surface area (Å²) in [5, 5.41) is 19.7. The number of nitrogens with zero attached hydrogens (tertiary/aromatic N) is 2. The number of hydrogen-bond donors (Lipinski definition) is 2. The minimum absolute atomic E-state index is 0.610. The molecule has 0 saturated carbocycles. The van der Waals surface area contributed by atoms with Crippen LogP contribution < -0.4 is 0 Å². The van der Waals surface area contributed by atoms with E-state index >= 15 is 0 Å². The molecular weight excluding hydrogens is 482 g/mol. The molecule has 0 spiro atoms. The van der Waals surface area contributed by atoms with Gasteiger partial charge in [-0.3, -0.25) is 5.10 Å². The van der Waals surface area contributed by atoms with Gasteiger partial charge in [0.2, 0.25) is 0 Å². The maximum absolute atomic E-state index is 12.5. The van der Waals surface area contributed by atoms with E-state index in [4.69, 9.17) is 21.3 Å². The zero-order valence-electron chi connectivity index (χ0n) is 19.7. The van der Waals surface area contributed by atoms with Gasteiger partial charge in [0, 0.05) is 27.1 Å². The molecule has 1 atom stereocenters. The van der Waals surface area contributed by atoms with Gasteiger partial charge in [0.1, 0.15) is 5.01 Å². The van der Waals surface area contributed by atoms with Crippen LogP contribution in [0.2, 0.25) is 5.02 Å². The summed E-state index contributed by atoms with van der Waals surface area (Å²) in [5.41, 5.74) is 5.19. The second kappa shape index (κ2) is 8.75. The quantitative estimate of drug-likeness (QED) is 0.259. The predicted octanol–water partition coefficient (Wildman–Crippen LogP) is 7.41. The number of carbonyl (C=O) groups is 1. The molecule has 0 bridgehead atoms. The third kappa shape index (κ3) is 4.55. The Labute approximate surface area is 211 Å². The van der Waals surface area contributed by atoms with Crippen molar-refractivity contribution in [3.63, 3.8) is 0 Å². The van der Waals surface area contributed by atoms with Crippen LogP contribution in [0.4, 0.5) is 0 Å². The molecule has 3 aromatic carbocycles. The van der Waals surface area contributed by atoms with Gasteiger partial charge >= 0.3 is 5.97 Å². The minimum atomic E-state index is -1.14. The molecular formula is C27H24ClN3O3S. The van der Waals surface area contributed by atoms with E-state index in [1.165, 1.54) is 11.3 Å². The van der Waals surface area contributed by atoms with Gasteiger partial charge in [-0.2, -0.15) is 5.10 Å². The van der Waals surface area contributed by atoms with Crippen molar-refractivity contribution >= 4 is 50.0 Å². The fourth-order valence-electron chi connectivity index (χ4n) is 4.24. The number of ether oxygens (including phenoxy) is 1. The van der Waals surface area contributed by atoms with Crippen molar-refractivity contribution in [3.05, 3.63) is 70.9 Å². The predicted molar refractivity (Wildman–Crippen MR) is 141 cm³/mol. The third-order valence-corrected chi connectivity index (χ3v) is 7.10. The Hall–Kier alpha value is -3.26. The van der Waals surface area contributed by atoms with Gasteiger partial charge in [0.15, 0.2) is 6.10 Å². The highest BCUT2D eigenvalue weighted by molar-refractivity contribution is 7.22. The average Bonchev–Trinajstić information content (AvgIpc) is 3.43. The lowest BCUT2D eigenvalue weighted by atomic mass is 9.91. The smallest absolute Gasteiger partial charge is 0.337 e. The Kier molecular flexibility index (Phi) is 5.87. The van der Waals surface area contributed by atoms with Gasteiger partial charge < -0.3 is 9.84 Å². The van der Waals surface area contributed by atoms with Crippen molar-refractivity contribution in [3.8, 4) is 21.7 Å². The number of fused-ring (bicyclic) bond motifs is 2. The molecule has 0 aliphatic carbocycles. The number of aliphatic carboxylic acids is 1. The van der Waals surface area contributed by atoms with Crippen LogP contribution in [-0.4, -0.2) is 31.9 Å². The second-order valence-electron chi connectivity index (χ2n) is 9.48. The minimum Gasteiger partial charge on any atom is -0.479 e. The maximum atomic E-state index is 12.5. The van der Waals surface area contributed by atoms with Crippen LogP contribution in [0.15, 0.2) is 54.7 Å². The van der Waals surface area contributed by atoms with Crippen molar-refractivity contribution in [1.82, 2.24) is 15.2 Å². The monoisotopic (exact) mass is 505 g/mol. The molecule has 5 rings (SSSR count). The molecule has 0 radical (unpaired) electrons. The van der Waals surface area contributed by atoms with Gasteiger partial charge in [-0.1, -0.05) is 23.7 Å². The van der Waals surface area contributed by atoms with Crippen molar-refractivity contribution in [2.45, 2.75) is 39.4 Å². The summed E-state index contributed by atoms with van der Waals surface area (Å²) in [6.07, 6.45) is 0.646. The van der Waals surface area contributed by atoms with Crippen LogP contribution in [0.3, 0.4) is 0 Å². The molecule has 6 nitrogen and oxygen atoms in total. The molecule has 0 fully saturated rings. The number of aryl methyl sites for hydroxylation is 1. The first-order valence-electron chi connectivity index (χ1n) is 11.1. The van der Waals surface area contributed by atoms with Crippen LogP contribution in [0.5, 0.6) is 0 Å². The number of halogens is 1. The molecule has 35 heavy (non-hydrogen) atoms. The van der Waals surface area contributed by atoms with E-state index in [9.17, 15) is 9.90 Å². The zero-order chi connectivity index (χ0) is 24.9. The van der Waals surface area contributed by atoms with Crippen molar-refractivity contribution in [2.24, 2.45) is 0 Å². The molecule has 2 heterocycles. The average molecular weight is 506 g/mol. The van der Waals surface area contributed by atoms with Gasteiger partial charge in [-0.25, -0.2) is 9.78 Å². The van der Waals surface area contributed by atoms with E-state index in [1.54, 1.807) is 6.20 Å². The van der Waals surface area contributed by atoms with E-state index in [0.717, 1.165) is 48.4 Å². The van der Waals surface area contributed by atoms with E-state index in [2.05, 4.69) is 16.3 Å². The number of rotatable bonds is 5. The summed E-state index contributed by atoms with van der Waals surface area (Å²) in [6.45, 7) is 7.48. The fraction of sp³-hybridized carbons (Fsp3) is 0.222. The summed E-state index contributed by atoms with van der Waals surface area (Å²) >= 11 is 7.71. The van der Waals surface area contributed by atoms with E-state index in [0.29, 0.717) is 10.6 Å². The van der Waals surface area contributed by atoms with Crippen LogP contribution >= 0.6 is 22.9 Å². The third-order valence-electron chi connectivity index (χ3n) is 5.71. The van der Waals surface area contributed by atoms with E-state index < -0.39 is 17.7 Å². The number of benzene rings is 3. The molecule has 0 saturated heterocycles. The molecule has 178 valence electrons. The van der Waals surface area contributed by atoms with Crippen LogP contribution in [0, 0.1) is 6.92 Å². The highest BCUT2D eigenvalue weighted by Crippen LogP contribution is 2.44. The normalized spacial score (nSPS) is 12.9. The molecule has 2 N–H and O–H groups in total. The largest absolute Gasteiger partial charge is 0.479 e. The Balaban J connectivity index is 1.78. The Morgan fingerprint density at radius 2 is 1.83 bits per heavy atom. The first-order chi connectivity index (χ1) is 16.6. The van der Waals surface area contributed by atoms with Crippen LogP contribution in [0.25, 0.3) is 42.8 Å². The SMILES string of the molecule is Cc1cc2nc(-c3ccc4[nH]ncc4c3)sc2c(-c2ccc(Cl)cc2)c1[C@H](OC(C)(C)C)C(=O)O. The summed E-state index contributed by atoms with van der Waals surface area (Å²) in [6, 6.07) is 15.4. The standard InChI is InChI=1S/C27H24ClN3O3S/c1-14-11-20-24(35-25(30-20)16-7-10-19-17(12-16)13-29-31-19)22(15-5-8-18(28)9-6-15)21(14)23(26(32)33)34-27(2,3)4/h5-13,23H,1-4H3,(H,29,31)(H,32,33)/t23-/m0/s1. The lowest BCUT2D eigenvalue weighted by molar-refractivity contribution is -0.160. The molecule has 5 aromatic rings. The Morgan fingerprint density at radius 1 is 1.11 bits per heavy atom. The molecule has 2 aromatic heterocycles. The number of carboxylic acids is 1. The topological polar surface area (TPSA) is 88.1 Å². The number of carboxylic acid groups (broad SMARTS) is 1. The summed E-state index contributed by atoms with van der Waals surface area (Å²) in [5.74, 6) is -1.03. The lowest BCUT2D eigenvalue weighted by Crippen LogP contribution is -2.28. The number of aromatic amines is 1. The molecule has 0 unspecified atom stereocenters. The summed E-state index contributed by atoms with van der Waals surface area (Å²) in [4.78, 5) is 17.4. The van der Waals surface area contributed by atoms with Crippen LogP contribution in [0.1, 0.15) is 38.0 Å². The first-order valence-corrected chi connectivity index (χ1v) is 12.3. The second-order valence-corrected chi connectivity index (χ2v) is 10.9. The molecule has 0 amide bonds. The Bertz CT molecular complexity index is 1560. The van der Waals surface area contributed by atoms with Gasteiger partial charge in [-0.15, -0.1) is 11.3 Å². The Morgan fingerprint density at radius 3 is 2.51 bits per heavy atom. The molecule has 0 aliphatic rings. The lowest BCUT2D eigenvalue weighted by Gasteiger charge is -2.28. The van der Waals surface area contributed by atoms with E-state index in [1.807, 2.05) is 70.2 Å². The summed E-state index contributed by atoms with van der Waals surface area (Å²) in [7, 11) is 0. The molecule has 8 heteroatoms. The number of aromatic nitrogens is 3. The zero-order valence-corrected chi connectivity index (χ0v) is 21.3. The number of thiazole rings is 1. The summed E-state index contributed by atoms with van der Waals surface area (Å²) < 4.78 is 6.98. The highest BCUT2D eigenvalue weighted by Gasteiger charge is 2.32. The van der Waals surface area contributed by atoms with E-state index in [-0.39, 0.29) is 0 Å². The van der Waals surface area contributed by atoms with Crippen molar-refractivity contribution < 1.29 is 14.6 Å². The first kappa shape index (κ1) is 23.5. The van der Waals surface area contributed by atoms with Crippen LogP contribution in [-0.2, 0) is 9.53 Å². The van der Waals surface area contributed by atoms with Gasteiger partial charge in [-0.05, 0) is 75.2 Å². The van der Waals surface area contributed by atoms with Crippen molar-refractivity contribution in [2.75, 3.05) is 0 Å². The number of hydrogen-bond acceptors (Lipinski definition) is 5. The fourth-order valence-corrected chi connectivity index (χ4v) is 5.48. The molecule has 0 aliphatic heterocycles. The van der Waals surface area contributed by atoms with Gasteiger partial charge in [0.25, 0.3) is 0 Å².